The predicted molar refractivity (Wildman–Crippen MR) is 27.5 cm³/mol. The second kappa shape index (κ2) is 2.05. The molecule has 2 N–H and O–H groups in total. The zero-order valence-corrected chi connectivity index (χ0v) is 5.37. The molecule has 0 spiro atoms. The Morgan fingerprint density at radius 3 is 1.86 bits per heavy atom. The van der Waals surface area contributed by atoms with Crippen LogP contribution < -0.4 is 5.73 Å². The van der Waals surface area contributed by atoms with Crippen molar-refractivity contribution in [2.45, 2.75) is 17.8 Å². The quantitative estimate of drug-likeness (QED) is 0.596. The van der Waals surface area contributed by atoms with E-state index >= 15 is 0 Å². The van der Waals surface area contributed by atoms with Crippen LogP contribution in [0, 0.1) is 0 Å². The van der Waals surface area contributed by atoms with Gasteiger partial charge in [0.05, 0.1) is 6.04 Å². The summed E-state index contributed by atoms with van der Waals surface area (Å²) in [6, 6.07) is -1.12. The van der Waals surface area contributed by atoms with Crippen LogP contribution >= 0.6 is 15.9 Å². The molecule has 0 aliphatic heterocycles. The maximum atomic E-state index is 11.6. The highest BCUT2D eigenvalue weighted by molar-refractivity contribution is 9.10. The van der Waals surface area contributed by atoms with Crippen LogP contribution in [0.25, 0.3) is 0 Å². The van der Waals surface area contributed by atoms with E-state index < -0.39 is 10.9 Å². The molecule has 0 aromatic carbocycles. The van der Waals surface area contributed by atoms with Gasteiger partial charge in [-0.3, -0.25) is 0 Å². The molecule has 7 heavy (non-hydrogen) atoms. The molecule has 44 valence electrons. The highest BCUT2D eigenvalue weighted by atomic mass is 79.9. The van der Waals surface area contributed by atoms with Crippen molar-refractivity contribution in [3.63, 3.8) is 0 Å². The van der Waals surface area contributed by atoms with Crippen molar-refractivity contribution in [3.05, 3.63) is 0 Å². The molecule has 0 bridgehead atoms. The topological polar surface area (TPSA) is 26.0 Å². The zero-order valence-electron chi connectivity index (χ0n) is 3.79. The molecule has 0 fully saturated rings. The third-order valence-electron chi connectivity index (χ3n) is 0.516. The molecule has 0 radical (unpaired) electrons. The summed E-state index contributed by atoms with van der Waals surface area (Å²) in [5.41, 5.74) is 4.77. The van der Waals surface area contributed by atoms with Gasteiger partial charge < -0.3 is 5.73 Å². The highest BCUT2D eigenvalue weighted by Gasteiger charge is 2.28. The summed E-state index contributed by atoms with van der Waals surface area (Å²) in [7, 11) is 0. The Kier molecular flexibility index (Phi) is 2.13. The van der Waals surface area contributed by atoms with Gasteiger partial charge in [0.2, 0.25) is 0 Å². The predicted octanol–water partition coefficient (Wildman–Crippen LogP) is 1.32. The first-order chi connectivity index (χ1) is 2.94. The summed E-state index contributed by atoms with van der Waals surface area (Å²) in [5, 5.41) is 0. The van der Waals surface area contributed by atoms with Gasteiger partial charge in [0.25, 0.3) is 0 Å². The van der Waals surface area contributed by atoms with Crippen LogP contribution in [0.5, 0.6) is 0 Å². The number of hydrogen-bond acceptors (Lipinski definition) is 1. The van der Waals surface area contributed by atoms with Crippen LogP contribution in [0.1, 0.15) is 6.92 Å². The number of hydrogen-bond donors (Lipinski definition) is 1. The lowest BCUT2D eigenvalue weighted by Gasteiger charge is -2.10. The number of alkyl halides is 3. The van der Waals surface area contributed by atoms with E-state index in [-0.39, 0.29) is 0 Å². The fraction of sp³-hybridized carbons (Fsp3) is 1.00. The number of nitrogens with two attached hydrogens (primary N) is 1. The largest absolute Gasteiger partial charge is 0.322 e. The summed E-state index contributed by atoms with van der Waals surface area (Å²) >= 11 is 2.08. The molecular formula is C3H6BrF2N. The Hall–Kier alpha value is 0.300. The molecule has 0 saturated heterocycles. The van der Waals surface area contributed by atoms with Crippen molar-refractivity contribution in [1.82, 2.24) is 0 Å². The standard InChI is InChI=1S/C3H6BrF2N/c1-2(7)3(4,5)6/h2H,7H2,1H3. The van der Waals surface area contributed by atoms with Gasteiger partial charge in [0.15, 0.2) is 0 Å². The van der Waals surface area contributed by atoms with E-state index in [4.69, 9.17) is 5.73 Å². The molecular weight excluding hydrogens is 168 g/mol. The minimum absolute atomic E-state index is 1.12. The Balaban J connectivity index is 3.54. The van der Waals surface area contributed by atoms with Crippen molar-refractivity contribution < 1.29 is 8.78 Å². The molecule has 0 saturated carbocycles. The van der Waals surface area contributed by atoms with E-state index in [2.05, 4.69) is 15.9 Å². The first kappa shape index (κ1) is 7.30. The summed E-state index contributed by atoms with van der Waals surface area (Å²) < 4.78 is 23.3. The average molecular weight is 174 g/mol. The van der Waals surface area contributed by atoms with Crippen molar-refractivity contribution in [3.8, 4) is 0 Å². The van der Waals surface area contributed by atoms with E-state index in [1.807, 2.05) is 0 Å². The summed E-state index contributed by atoms with van der Waals surface area (Å²) in [4.78, 5) is -2.91. The summed E-state index contributed by atoms with van der Waals surface area (Å²) in [6.45, 7) is 1.23. The first-order valence-corrected chi connectivity index (χ1v) is 2.56. The Labute approximate surface area is 49.0 Å². The van der Waals surface area contributed by atoms with Crippen LogP contribution in [-0.2, 0) is 0 Å². The lowest BCUT2D eigenvalue weighted by molar-refractivity contribution is 0.0902. The van der Waals surface area contributed by atoms with Gasteiger partial charge in [-0.05, 0) is 22.9 Å². The fourth-order valence-electron chi connectivity index (χ4n) is 0. The van der Waals surface area contributed by atoms with Crippen LogP contribution in [0.3, 0.4) is 0 Å². The molecule has 0 heterocycles. The lowest BCUT2D eigenvalue weighted by atomic mass is 10.4. The zero-order chi connectivity index (χ0) is 6.08. The van der Waals surface area contributed by atoms with Crippen LogP contribution in [0.2, 0.25) is 0 Å². The third-order valence-corrected chi connectivity index (χ3v) is 1.24. The molecule has 0 aliphatic carbocycles. The normalized spacial score (nSPS) is 16.7. The number of halogens is 3. The molecule has 4 heteroatoms. The van der Waals surface area contributed by atoms with Gasteiger partial charge in [-0.15, -0.1) is 0 Å². The van der Waals surface area contributed by atoms with Crippen molar-refractivity contribution in [2.24, 2.45) is 5.73 Å². The van der Waals surface area contributed by atoms with E-state index in [1.165, 1.54) is 6.92 Å². The second-order valence-electron chi connectivity index (χ2n) is 1.33. The maximum Gasteiger partial charge on any atom is 0.315 e. The monoisotopic (exact) mass is 173 g/mol. The molecule has 1 atom stereocenters. The molecule has 1 unspecified atom stereocenters. The molecule has 1 nitrogen and oxygen atoms in total. The minimum Gasteiger partial charge on any atom is -0.322 e. The molecule has 0 rings (SSSR count). The highest BCUT2D eigenvalue weighted by Crippen LogP contribution is 2.23. The molecule has 0 aromatic heterocycles. The summed E-state index contributed by atoms with van der Waals surface area (Å²) in [5.74, 6) is 0. The van der Waals surface area contributed by atoms with Crippen molar-refractivity contribution >= 4 is 15.9 Å². The van der Waals surface area contributed by atoms with Gasteiger partial charge in [-0.2, -0.15) is 8.78 Å². The van der Waals surface area contributed by atoms with E-state index in [0.717, 1.165) is 0 Å². The average Bonchev–Trinajstić information content (AvgIpc) is 1.31. The molecule has 0 aliphatic rings. The van der Waals surface area contributed by atoms with Crippen LogP contribution in [-0.4, -0.2) is 10.9 Å². The van der Waals surface area contributed by atoms with E-state index in [9.17, 15) is 8.78 Å². The van der Waals surface area contributed by atoms with Gasteiger partial charge in [0.1, 0.15) is 0 Å². The lowest BCUT2D eigenvalue weighted by Crippen LogP contribution is -2.32. The minimum atomic E-state index is -2.91. The van der Waals surface area contributed by atoms with Gasteiger partial charge in [-0.1, -0.05) is 0 Å². The van der Waals surface area contributed by atoms with Gasteiger partial charge >= 0.3 is 4.83 Å². The smallest absolute Gasteiger partial charge is 0.315 e. The van der Waals surface area contributed by atoms with Gasteiger partial charge in [-0.25, -0.2) is 0 Å². The maximum absolute atomic E-state index is 11.6. The Bertz CT molecular complexity index is 58.4. The van der Waals surface area contributed by atoms with E-state index in [0.29, 0.717) is 0 Å². The van der Waals surface area contributed by atoms with Crippen molar-refractivity contribution in [1.29, 1.82) is 0 Å². The van der Waals surface area contributed by atoms with E-state index in [1.54, 1.807) is 0 Å². The van der Waals surface area contributed by atoms with Gasteiger partial charge in [0, 0.05) is 0 Å². The van der Waals surface area contributed by atoms with Crippen molar-refractivity contribution in [2.75, 3.05) is 0 Å². The molecule has 0 amide bonds. The number of rotatable bonds is 1. The third kappa shape index (κ3) is 2.93. The summed E-state index contributed by atoms with van der Waals surface area (Å²) in [6.07, 6.45) is 0. The fourth-order valence-corrected chi connectivity index (χ4v) is 0. The second-order valence-corrected chi connectivity index (χ2v) is 2.39. The first-order valence-electron chi connectivity index (χ1n) is 1.77. The van der Waals surface area contributed by atoms with Crippen LogP contribution in [0.15, 0.2) is 0 Å². The molecule has 0 aromatic rings. The Morgan fingerprint density at radius 2 is 1.86 bits per heavy atom. The SMILES string of the molecule is CC(N)C(F)(F)Br. The Morgan fingerprint density at radius 1 is 1.71 bits per heavy atom. The van der Waals surface area contributed by atoms with Crippen LogP contribution in [0.4, 0.5) is 8.78 Å².